The van der Waals surface area contributed by atoms with Gasteiger partial charge in [-0.2, -0.15) is 0 Å². The fraction of sp³-hybridized carbons (Fsp3) is 0.360. The molecule has 0 bridgehead atoms. The lowest BCUT2D eigenvalue weighted by atomic mass is 9.94. The molecule has 1 fully saturated rings. The fourth-order valence-electron chi connectivity index (χ4n) is 3.80. The number of benzene rings is 2. The Hall–Kier alpha value is -3.52. The summed E-state index contributed by atoms with van der Waals surface area (Å²) in [4.78, 5) is 27.4. The summed E-state index contributed by atoms with van der Waals surface area (Å²) in [7, 11) is 4.53. The van der Waals surface area contributed by atoms with Crippen LogP contribution in [-0.2, 0) is 14.3 Å². The van der Waals surface area contributed by atoms with E-state index in [1.54, 1.807) is 42.5 Å². The average molecular weight is 456 g/mol. The molecule has 0 radical (unpaired) electrons. The van der Waals surface area contributed by atoms with Crippen LogP contribution in [0.1, 0.15) is 31.0 Å². The van der Waals surface area contributed by atoms with Gasteiger partial charge in [0.05, 0.1) is 38.5 Å². The van der Waals surface area contributed by atoms with Crippen LogP contribution in [0.4, 0.5) is 0 Å². The maximum Gasteiger partial charge on any atom is 0.295 e. The molecule has 2 aromatic rings. The molecule has 8 nitrogen and oxygen atoms in total. The molecule has 0 unspecified atom stereocenters. The summed E-state index contributed by atoms with van der Waals surface area (Å²) < 4.78 is 21.7. The number of carbonyl (C=O) groups is 2. The lowest BCUT2D eigenvalue weighted by molar-refractivity contribution is -0.140. The third-order valence-electron chi connectivity index (χ3n) is 5.31. The maximum absolute atomic E-state index is 13.1. The van der Waals surface area contributed by atoms with E-state index < -0.39 is 17.7 Å². The van der Waals surface area contributed by atoms with Crippen molar-refractivity contribution in [3.8, 4) is 17.2 Å². The molecular formula is C25H29NO7. The second kappa shape index (κ2) is 10.4. The van der Waals surface area contributed by atoms with Crippen LogP contribution >= 0.6 is 0 Å². The first kappa shape index (κ1) is 24.1. The highest BCUT2D eigenvalue weighted by Gasteiger charge is 2.47. The van der Waals surface area contributed by atoms with Crippen molar-refractivity contribution in [2.75, 3.05) is 34.5 Å². The van der Waals surface area contributed by atoms with E-state index in [1.807, 2.05) is 13.8 Å². The first-order valence-electron chi connectivity index (χ1n) is 10.6. The minimum absolute atomic E-state index is 0.00363. The van der Waals surface area contributed by atoms with Gasteiger partial charge in [-0.1, -0.05) is 0 Å². The van der Waals surface area contributed by atoms with Crippen molar-refractivity contribution >= 4 is 17.4 Å². The Bertz CT molecular complexity index is 1040. The minimum atomic E-state index is -0.878. The Morgan fingerprint density at radius 1 is 1.00 bits per heavy atom. The van der Waals surface area contributed by atoms with Crippen LogP contribution in [0.2, 0.25) is 0 Å². The van der Waals surface area contributed by atoms with Gasteiger partial charge in [0.2, 0.25) is 0 Å². The van der Waals surface area contributed by atoms with Gasteiger partial charge in [-0.15, -0.1) is 0 Å². The third kappa shape index (κ3) is 4.96. The molecule has 1 heterocycles. The number of hydrogen-bond donors (Lipinski definition) is 1. The van der Waals surface area contributed by atoms with Gasteiger partial charge in [0.25, 0.3) is 11.7 Å². The number of aliphatic hydroxyl groups is 1. The molecule has 0 aromatic heterocycles. The van der Waals surface area contributed by atoms with Crippen molar-refractivity contribution in [2.24, 2.45) is 0 Å². The van der Waals surface area contributed by atoms with E-state index in [0.29, 0.717) is 28.4 Å². The van der Waals surface area contributed by atoms with Crippen molar-refractivity contribution < 1.29 is 33.6 Å². The van der Waals surface area contributed by atoms with Crippen molar-refractivity contribution in [1.29, 1.82) is 0 Å². The summed E-state index contributed by atoms with van der Waals surface area (Å²) in [6.45, 7) is 4.20. The molecule has 1 amide bonds. The van der Waals surface area contributed by atoms with E-state index in [1.165, 1.54) is 26.2 Å². The van der Waals surface area contributed by atoms with Gasteiger partial charge >= 0.3 is 0 Å². The van der Waals surface area contributed by atoms with E-state index in [4.69, 9.17) is 18.9 Å². The number of rotatable bonds is 9. The molecule has 176 valence electrons. The number of hydrogen-bond acceptors (Lipinski definition) is 7. The van der Waals surface area contributed by atoms with Crippen LogP contribution in [0.5, 0.6) is 17.2 Å². The van der Waals surface area contributed by atoms with Crippen LogP contribution in [0.15, 0.2) is 48.0 Å². The minimum Gasteiger partial charge on any atom is -0.507 e. The van der Waals surface area contributed by atoms with E-state index in [0.717, 1.165) is 0 Å². The second-order valence-corrected chi connectivity index (χ2v) is 7.78. The van der Waals surface area contributed by atoms with E-state index in [9.17, 15) is 14.7 Å². The Morgan fingerprint density at radius 2 is 1.67 bits per heavy atom. The second-order valence-electron chi connectivity index (χ2n) is 7.78. The van der Waals surface area contributed by atoms with Gasteiger partial charge in [-0.25, -0.2) is 0 Å². The van der Waals surface area contributed by atoms with Gasteiger partial charge in [0.15, 0.2) is 0 Å². The summed E-state index contributed by atoms with van der Waals surface area (Å²) >= 11 is 0. The Balaban J connectivity index is 2.17. The molecule has 3 rings (SSSR count). The standard InChI is InChI=1S/C25H29NO7/c1-15(2)33-17-8-6-16(7-9-17)23(27)21-22(26(12-13-30-3)25(29)24(21)28)19-14-18(31-4)10-11-20(19)32-5/h6-11,14-15,22,27H,12-13H2,1-5H3/b23-21+/t22-/m0/s1. The molecule has 1 aliphatic rings. The third-order valence-corrected chi connectivity index (χ3v) is 5.31. The van der Waals surface area contributed by atoms with Gasteiger partial charge in [0, 0.05) is 24.8 Å². The first-order chi connectivity index (χ1) is 15.8. The first-order valence-corrected chi connectivity index (χ1v) is 10.6. The van der Waals surface area contributed by atoms with Crippen LogP contribution in [-0.4, -0.2) is 62.3 Å². The number of carbonyl (C=O) groups excluding carboxylic acids is 2. The van der Waals surface area contributed by atoms with Crippen molar-refractivity contribution in [1.82, 2.24) is 4.90 Å². The topological polar surface area (TPSA) is 94.5 Å². The number of methoxy groups -OCH3 is 3. The predicted octanol–water partition coefficient (Wildman–Crippen LogP) is 3.56. The molecule has 1 atom stereocenters. The number of nitrogens with zero attached hydrogens (tertiary/aromatic N) is 1. The monoisotopic (exact) mass is 455 g/mol. The number of ether oxygens (including phenoxy) is 4. The zero-order valence-corrected chi connectivity index (χ0v) is 19.5. The molecule has 0 saturated carbocycles. The summed E-state index contributed by atoms with van der Waals surface area (Å²) in [5, 5.41) is 11.2. The zero-order chi connectivity index (χ0) is 24.1. The molecule has 2 aromatic carbocycles. The summed E-state index contributed by atoms with van der Waals surface area (Å²) in [6, 6.07) is 10.9. The van der Waals surface area contributed by atoms with Crippen LogP contribution in [0, 0.1) is 0 Å². The van der Waals surface area contributed by atoms with Crippen molar-refractivity contribution in [3.05, 3.63) is 59.2 Å². The smallest absolute Gasteiger partial charge is 0.295 e. The van der Waals surface area contributed by atoms with Gasteiger partial charge in [0.1, 0.15) is 23.0 Å². The van der Waals surface area contributed by atoms with Gasteiger partial charge in [-0.05, 0) is 56.3 Å². The molecule has 8 heteroatoms. The average Bonchev–Trinajstić information content (AvgIpc) is 3.06. The van der Waals surface area contributed by atoms with E-state index in [2.05, 4.69) is 0 Å². The molecule has 0 aliphatic carbocycles. The Morgan fingerprint density at radius 3 is 2.24 bits per heavy atom. The van der Waals surface area contributed by atoms with Gasteiger partial charge < -0.3 is 29.0 Å². The quantitative estimate of drug-likeness (QED) is 0.351. The summed E-state index contributed by atoms with van der Waals surface area (Å²) in [5.74, 6) is -0.161. The lowest BCUT2D eigenvalue weighted by Crippen LogP contribution is -2.32. The number of likely N-dealkylation sites (tertiary alicyclic amines) is 1. The van der Waals surface area contributed by atoms with Crippen LogP contribution in [0.3, 0.4) is 0 Å². The van der Waals surface area contributed by atoms with Gasteiger partial charge in [-0.3, -0.25) is 9.59 Å². The van der Waals surface area contributed by atoms with E-state index in [-0.39, 0.29) is 30.6 Å². The highest BCUT2D eigenvalue weighted by atomic mass is 16.5. The SMILES string of the molecule is COCCN1C(=O)C(=O)/C(=C(/O)c2ccc(OC(C)C)cc2)[C@@H]1c1cc(OC)ccc1OC. The number of amides is 1. The Labute approximate surface area is 193 Å². The Kier molecular flexibility index (Phi) is 7.60. The fourth-order valence-corrected chi connectivity index (χ4v) is 3.80. The molecule has 0 spiro atoms. The highest BCUT2D eigenvalue weighted by Crippen LogP contribution is 2.43. The predicted molar refractivity (Wildman–Crippen MR) is 123 cm³/mol. The summed E-state index contributed by atoms with van der Waals surface area (Å²) in [5.41, 5.74) is 0.886. The number of ketones is 1. The number of aliphatic hydroxyl groups excluding tert-OH is 1. The number of Topliss-reactive ketones (excluding diaryl/α,β-unsaturated/α-hetero) is 1. The molecular weight excluding hydrogens is 426 g/mol. The molecule has 1 N–H and O–H groups in total. The maximum atomic E-state index is 13.1. The van der Waals surface area contributed by atoms with Crippen molar-refractivity contribution in [3.63, 3.8) is 0 Å². The lowest BCUT2D eigenvalue weighted by Gasteiger charge is -2.26. The summed E-state index contributed by atoms with van der Waals surface area (Å²) in [6.07, 6.45) is -0.00363. The zero-order valence-electron chi connectivity index (χ0n) is 19.5. The van der Waals surface area contributed by atoms with Crippen molar-refractivity contribution in [2.45, 2.75) is 26.0 Å². The normalized spacial score (nSPS) is 17.5. The molecule has 33 heavy (non-hydrogen) atoms. The van der Waals surface area contributed by atoms with Crippen LogP contribution in [0.25, 0.3) is 5.76 Å². The molecule has 1 aliphatic heterocycles. The molecule has 1 saturated heterocycles. The van der Waals surface area contributed by atoms with Crippen LogP contribution < -0.4 is 14.2 Å². The van der Waals surface area contributed by atoms with E-state index >= 15 is 0 Å². The largest absolute Gasteiger partial charge is 0.507 e. The highest BCUT2D eigenvalue weighted by molar-refractivity contribution is 6.46.